The summed E-state index contributed by atoms with van der Waals surface area (Å²) in [6, 6.07) is 1.72. The van der Waals surface area contributed by atoms with Crippen molar-refractivity contribution in [2.75, 3.05) is 6.54 Å². The molecule has 1 aliphatic rings. The van der Waals surface area contributed by atoms with Gasteiger partial charge in [-0.15, -0.1) is 0 Å². The Morgan fingerprint density at radius 3 is 2.82 bits per heavy atom. The van der Waals surface area contributed by atoms with Crippen molar-refractivity contribution in [3.8, 4) is 6.07 Å². The number of rotatable bonds is 0. The lowest BCUT2D eigenvalue weighted by atomic mass is 10.2. The van der Waals surface area contributed by atoms with E-state index in [4.69, 9.17) is 11.0 Å². The van der Waals surface area contributed by atoms with E-state index in [1.807, 2.05) is 0 Å². The van der Waals surface area contributed by atoms with E-state index in [9.17, 15) is 4.79 Å². The summed E-state index contributed by atoms with van der Waals surface area (Å²) < 4.78 is 0. The lowest BCUT2D eigenvalue weighted by molar-refractivity contribution is -0.128. The zero-order chi connectivity index (χ0) is 8.43. The summed E-state index contributed by atoms with van der Waals surface area (Å²) in [7, 11) is 0. The zero-order valence-electron chi connectivity index (χ0n) is 6.45. The number of nitriles is 1. The standard InChI is InChI=1S/C7H11N3O/c1-5(11)10-4-6(9)2-7(10)3-8/h6-7H,2,4,9H2,1H3. The molecule has 1 fully saturated rings. The molecule has 4 heteroatoms. The molecule has 0 aromatic heterocycles. The van der Waals surface area contributed by atoms with E-state index in [-0.39, 0.29) is 18.0 Å². The van der Waals surface area contributed by atoms with Gasteiger partial charge in [0.25, 0.3) is 0 Å². The lowest BCUT2D eigenvalue weighted by Crippen LogP contribution is -2.34. The minimum atomic E-state index is -0.303. The van der Waals surface area contributed by atoms with E-state index in [1.54, 1.807) is 0 Å². The van der Waals surface area contributed by atoms with Crippen LogP contribution in [-0.4, -0.2) is 29.4 Å². The molecule has 0 aromatic carbocycles. The van der Waals surface area contributed by atoms with Gasteiger partial charge < -0.3 is 10.6 Å². The second-order valence-electron chi connectivity index (χ2n) is 2.81. The van der Waals surface area contributed by atoms with Crippen molar-refractivity contribution in [3.63, 3.8) is 0 Å². The molecule has 1 heterocycles. The Bertz CT molecular complexity index is 208. The summed E-state index contributed by atoms with van der Waals surface area (Å²) in [5, 5.41) is 8.60. The highest BCUT2D eigenvalue weighted by molar-refractivity contribution is 5.74. The van der Waals surface area contributed by atoms with E-state index in [2.05, 4.69) is 6.07 Å². The molecule has 2 unspecified atom stereocenters. The fourth-order valence-corrected chi connectivity index (χ4v) is 1.34. The molecule has 0 saturated carbocycles. The third-order valence-electron chi connectivity index (χ3n) is 1.89. The Kier molecular flexibility index (Phi) is 2.11. The molecule has 0 aliphatic carbocycles. The summed E-state index contributed by atoms with van der Waals surface area (Å²) >= 11 is 0. The van der Waals surface area contributed by atoms with Crippen LogP contribution in [0.2, 0.25) is 0 Å². The van der Waals surface area contributed by atoms with Gasteiger partial charge in [0.15, 0.2) is 0 Å². The van der Waals surface area contributed by atoms with Gasteiger partial charge in [-0.3, -0.25) is 4.79 Å². The second-order valence-corrected chi connectivity index (χ2v) is 2.81. The molecule has 0 spiro atoms. The van der Waals surface area contributed by atoms with Crippen LogP contribution in [0.15, 0.2) is 0 Å². The predicted molar refractivity (Wildman–Crippen MR) is 39.4 cm³/mol. The molecule has 60 valence electrons. The van der Waals surface area contributed by atoms with Crippen LogP contribution in [0.3, 0.4) is 0 Å². The lowest BCUT2D eigenvalue weighted by Gasteiger charge is -2.16. The summed E-state index contributed by atoms with van der Waals surface area (Å²) in [5.41, 5.74) is 5.58. The molecule has 1 amide bonds. The molecule has 0 aromatic rings. The highest BCUT2D eigenvalue weighted by atomic mass is 16.2. The van der Waals surface area contributed by atoms with E-state index in [1.165, 1.54) is 11.8 Å². The van der Waals surface area contributed by atoms with Gasteiger partial charge in [0, 0.05) is 19.5 Å². The number of hydrogen-bond acceptors (Lipinski definition) is 3. The third kappa shape index (κ3) is 1.49. The van der Waals surface area contributed by atoms with Crippen LogP contribution in [0.25, 0.3) is 0 Å². The first-order valence-corrected chi connectivity index (χ1v) is 3.57. The first kappa shape index (κ1) is 8.02. The number of amides is 1. The molecule has 1 rings (SSSR count). The van der Waals surface area contributed by atoms with Crippen molar-refractivity contribution in [1.82, 2.24) is 4.90 Å². The number of nitrogens with two attached hydrogens (primary N) is 1. The van der Waals surface area contributed by atoms with Crippen LogP contribution in [0, 0.1) is 11.3 Å². The van der Waals surface area contributed by atoms with Crippen LogP contribution in [0.4, 0.5) is 0 Å². The van der Waals surface area contributed by atoms with Gasteiger partial charge in [0.2, 0.25) is 5.91 Å². The van der Waals surface area contributed by atoms with Crippen LogP contribution < -0.4 is 5.73 Å². The van der Waals surface area contributed by atoms with Gasteiger partial charge in [-0.2, -0.15) is 5.26 Å². The number of carbonyl (C=O) groups is 1. The maximum absolute atomic E-state index is 10.9. The van der Waals surface area contributed by atoms with Crippen molar-refractivity contribution in [3.05, 3.63) is 0 Å². The van der Waals surface area contributed by atoms with Gasteiger partial charge in [-0.25, -0.2) is 0 Å². The summed E-state index contributed by atoms with van der Waals surface area (Å²) in [4.78, 5) is 12.4. The second kappa shape index (κ2) is 2.89. The highest BCUT2D eigenvalue weighted by Gasteiger charge is 2.31. The molecule has 2 N–H and O–H groups in total. The van der Waals surface area contributed by atoms with Gasteiger partial charge in [-0.05, 0) is 6.42 Å². The molecule has 0 radical (unpaired) electrons. The Hall–Kier alpha value is -1.08. The van der Waals surface area contributed by atoms with Gasteiger partial charge in [0.05, 0.1) is 6.07 Å². The molecule has 0 bridgehead atoms. The van der Waals surface area contributed by atoms with Crippen molar-refractivity contribution in [2.24, 2.45) is 5.73 Å². The third-order valence-corrected chi connectivity index (χ3v) is 1.89. The van der Waals surface area contributed by atoms with Gasteiger partial charge in [0.1, 0.15) is 6.04 Å². The molecule has 4 nitrogen and oxygen atoms in total. The average molecular weight is 153 g/mol. The highest BCUT2D eigenvalue weighted by Crippen LogP contribution is 2.15. The molecular formula is C7H11N3O. The smallest absolute Gasteiger partial charge is 0.220 e. The summed E-state index contributed by atoms with van der Waals surface area (Å²) in [6.07, 6.45) is 0.607. The van der Waals surface area contributed by atoms with E-state index in [0.717, 1.165) is 0 Å². The van der Waals surface area contributed by atoms with Crippen molar-refractivity contribution in [1.29, 1.82) is 5.26 Å². The zero-order valence-corrected chi connectivity index (χ0v) is 6.45. The molecular weight excluding hydrogens is 142 g/mol. The monoisotopic (exact) mass is 153 g/mol. The van der Waals surface area contributed by atoms with Crippen molar-refractivity contribution >= 4 is 5.91 Å². The minimum Gasteiger partial charge on any atom is -0.326 e. The van der Waals surface area contributed by atoms with Crippen molar-refractivity contribution in [2.45, 2.75) is 25.4 Å². The molecule has 1 aliphatic heterocycles. The molecule has 2 atom stereocenters. The fourth-order valence-electron chi connectivity index (χ4n) is 1.34. The van der Waals surface area contributed by atoms with Gasteiger partial charge in [-0.1, -0.05) is 0 Å². The normalized spacial score (nSPS) is 30.1. The topological polar surface area (TPSA) is 70.1 Å². The molecule has 1 saturated heterocycles. The van der Waals surface area contributed by atoms with Crippen LogP contribution in [0.5, 0.6) is 0 Å². The largest absolute Gasteiger partial charge is 0.326 e. The van der Waals surface area contributed by atoms with Crippen LogP contribution in [0.1, 0.15) is 13.3 Å². The van der Waals surface area contributed by atoms with E-state index in [0.29, 0.717) is 13.0 Å². The number of nitrogens with zero attached hydrogens (tertiary/aromatic N) is 2. The Labute approximate surface area is 65.6 Å². The van der Waals surface area contributed by atoms with Crippen LogP contribution in [-0.2, 0) is 4.79 Å². The number of carbonyl (C=O) groups excluding carboxylic acids is 1. The summed E-state index contributed by atoms with van der Waals surface area (Å²) in [6.45, 7) is 1.98. The molecule has 11 heavy (non-hydrogen) atoms. The first-order chi connectivity index (χ1) is 5.15. The minimum absolute atomic E-state index is 0.0245. The Morgan fingerprint density at radius 2 is 2.45 bits per heavy atom. The van der Waals surface area contributed by atoms with Crippen molar-refractivity contribution < 1.29 is 4.79 Å². The maximum atomic E-state index is 10.9. The number of likely N-dealkylation sites (tertiary alicyclic amines) is 1. The van der Waals surface area contributed by atoms with Crippen LogP contribution >= 0.6 is 0 Å². The number of hydrogen-bond donors (Lipinski definition) is 1. The first-order valence-electron chi connectivity index (χ1n) is 3.57. The Balaban J connectivity index is 2.67. The fraction of sp³-hybridized carbons (Fsp3) is 0.714. The van der Waals surface area contributed by atoms with Gasteiger partial charge >= 0.3 is 0 Å². The van der Waals surface area contributed by atoms with E-state index < -0.39 is 0 Å². The predicted octanol–water partition coefficient (Wildman–Crippen LogP) is -0.542. The SMILES string of the molecule is CC(=O)N1CC(N)CC1C#N. The average Bonchev–Trinajstić information content (AvgIpc) is 2.30. The maximum Gasteiger partial charge on any atom is 0.220 e. The van der Waals surface area contributed by atoms with E-state index >= 15 is 0 Å². The Morgan fingerprint density at radius 1 is 1.82 bits per heavy atom. The summed E-state index contributed by atoms with van der Waals surface area (Å²) in [5.74, 6) is -0.0653. The quantitative estimate of drug-likeness (QED) is 0.508.